The second-order valence-electron chi connectivity index (χ2n) is 5.21. The lowest BCUT2D eigenvalue weighted by Crippen LogP contribution is -2.15. The van der Waals surface area contributed by atoms with Gasteiger partial charge in [0.1, 0.15) is 0 Å². The number of aryl methyl sites for hydroxylation is 3. The summed E-state index contributed by atoms with van der Waals surface area (Å²) in [5.74, 6) is 1.31. The Hall–Kier alpha value is -1.26. The predicted molar refractivity (Wildman–Crippen MR) is 81.5 cm³/mol. The Morgan fingerprint density at radius 2 is 1.79 bits per heavy atom. The smallest absolute Gasteiger partial charge is 0.160 e. The molecule has 0 fully saturated rings. The highest BCUT2D eigenvalue weighted by Gasteiger charge is 2.13. The fourth-order valence-electron chi connectivity index (χ4n) is 2.18. The summed E-state index contributed by atoms with van der Waals surface area (Å²) in [5.41, 5.74) is 11.5. The summed E-state index contributed by atoms with van der Waals surface area (Å²) in [7, 11) is 0. The molecule has 4 heteroatoms. The maximum absolute atomic E-state index is 5.71. The molecule has 2 rings (SSSR count). The first-order valence-corrected chi connectivity index (χ1v) is 7.54. The molecule has 0 bridgehead atoms. The molecule has 1 atom stereocenters. The van der Waals surface area contributed by atoms with Crippen LogP contribution in [-0.4, -0.2) is 16.5 Å². The van der Waals surface area contributed by atoms with Crippen molar-refractivity contribution < 1.29 is 0 Å². The van der Waals surface area contributed by atoms with E-state index in [1.165, 1.54) is 11.1 Å². The van der Waals surface area contributed by atoms with Gasteiger partial charge in [0.15, 0.2) is 5.82 Å². The second kappa shape index (κ2) is 5.80. The van der Waals surface area contributed by atoms with E-state index in [4.69, 9.17) is 5.73 Å². The first-order valence-electron chi connectivity index (χ1n) is 6.60. The van der Waals surface area contributed by atoms with Gasteiger partial charge in [0.25, 0.3) is 0 Å². The van der Waals surface area contributed by atoms with Gasteiger partial charge in [0.05, 0.1) is 0 Å². The van der Waals surface area contributed by atoms with E-state index in [-0.39, 0.29) is 0 Å². The van der Waals surface area contributed by atoms with Gasteiger partial charge in [0, 0.05) is 22.3 Å². The Morgan fingerprint density at radius 1 is 1.16 bits per heavy atom. The molecule has 3 nitrogen and oxygen atoms in total. The third-order valence-corrected chi connectivity index (χ3v) is 4.33. The highest BCUT2D eigenvalue weighted by molar-refractivity contribution is 7.08. The minimum atomic E-state index is 0.467. The molecule has 102 valence electrons. The van der Waals surface area contributed by atoms with Crippen molar-refractivity contribution in [3.63, 3.8) is 0 Å². The van der Waals surface area contributed by atoms with Crippen LogP contribution in [0.4, 0.5) is 0 Å². The third-order valence-electron chi connectivity index (χ3n) is 3.47. The van der Waals surface area contributed by atoms with Crippen molar-refractivity contribution in [2.24, 2.45) is 11.7 Å². The van der Waals surface area contributed by atoms with Crippen molar-refractivity contribution in [1.29, 1.82) is 0 Å². The molecule has 0 saturated heterocycles. The molecule has 2 aromatic rings. The maximum atomic E-state index is 5.71. The van der Waals surface area contributed by atoms with Crippen LogP contribution in [0.3, 0.4) is 0 Å². The lowest BCUT2D eigenvalue weighted by atomic mass is 9.99. The van der Waals surface area contributed by atoms with Gasteiger partial charge in [-0.25, -0.2) is 9.97 Å². The lowest BCUT2D eigenvalue weighted by Gasteiger charge is -2.14. The number of hydrogen-bond donors (Lipinski definition) is 1. The van der Waals surface area contributed by atoms with E-state index >= 15 is 0 Å². The molecule has 0 aliphatic rings. The summed E-state index contributed by atoms with van der Waals surface area (Å²) in [6, 6.07) is 0. The summed E-state index contributed by atoms with van der Waals surface area (Å²) in [6.45, 7) is 9.10. The number of rotatable bonds is 4. The molecule has 2 N–H and O–H groups in total. The van der Waals surface area contributed by atoms with E-state index in [9.17, 15) is 0 Å². The first kappa shape index (κ1) is 14.2. The van der Waals surface area contributed by atoms with Gasteiger partial charge in [-0.15, -0.1) is 0 Å². The molecule has 0 aromatic carbocycles. The zero-order chi connectivity index (χ0) is 14.0. The Balaban J connectivity index is 2.40. The summed E-state index contributed by atoms with van der Waals surface area (Å²) in [6.07, 6.45) is 0.955. The van der Waals surface area contributed by atoms with E-state index in [1.807, 2.05) is 0 Å². The quantitative estimate of drug-likeness (QED) is 0.931. The molecule has 0 aliphatic carbocycles. The Morgan fingerprint density at radius 3 is 2.26 bits per heavy atom. The van der Waals surface area contributed by atoms with Crippen LogP contribution in [-0.2, 0) is 6.42 Å². The molecular weight excluding hydrogens is 254 g/mol. The van der Waals surface area contributed by atoms with Crippen molar-refractivity contribution in [2.75, 3.05) is 6.54 Å². The van der Waals surface area contributed by atoms with E-state index in [1.54, 1.807) is 11.3 Å². The molecular formula is C15H21N3S. The normalized spacial score (nSPS) is 12.7. The number of hydrogen-bond acceptors (Lipinski definition) is 4. The first-order chi connectivity index (χ1) is 9.02. The van der Waals surface area contributed by atoms with Crippen molar-refractivity contribution in [2.45, 2.75) is 34.1 Å². The monoisotopic (exact) mass is 275 g/mol. The largest absolute Gasteiger partial charge is 0.330 e. The zero-order valence-corrected chi connectivity index (χ0v) is 12.8. The van der Waals surface area contributed by atoms with Gasteiger partial charge in [-0.1, -0.05) is 6.92 Å². The maximum Gasteiger partial charge on any atom is 0.160 e. The van der Waals surface area contributed by atoms with E-state index in [0.29, 0.717) is 12.5 Å². The van der Waals surface area contributed by atoms with Gasteiger partial charge in [-0.05, 0) is 56.2 Å². The van der Waals surface area contributed by atoms with E-state index < -0.39 is 0 Å². The summed E-state index contributed by atoms with van der Waals surface area (Å²) in [4.78, 5) is 9.36. The second-order valence-corrected chi connectivity index (χ2v) is 5.95. The van der Waals surface area contributed by atoms with Gasteiger partial charge >= 0.3 is 0 Å². The van der Waals surface area contributed by atoms with Crippen LogP contribution in [0.2, 0.25) is 0 Å². The van der Waals surface area contributed by atoms with Gasteiger partial charge < -0.3 is 5.73 Å². The fourth-order valence-corrected chi connectivity index (χ4v) is 3.00. The topological polar surface area (TPSA) is 51.8 Å². The SMILES string of the molecule is Cc1cscc1-c1nc(C)c(CC(C)CN)c(C)n1. The number of nitrogens with two attached hydrogens (primary N) is 1. The van der Waals surface area contributed by atoms with Crippen molar-refractivity contribution >= 4 is 11.3 Å². The fraction of sp³-hybridized carbons (Fsp3) is 0.467. The highest BCUT2D eigenvalue weighted by atomic mass is 32.1. The highest BCUT2D eigenvalue weighted by Crippen LogP contribution is 2.26. The number of aromatic nitrogens is 2. The molecule has 2 aromatic heterocycles. The van der Waals surface area contributed by atoms with Crippen LogP contribution in [0.5, 0.6) is 0 Å². The molecule has 0 amide bonds. The van der Waals surface area contributed by atoms with Crippen molar-refractivity contribution in [1.82, 2.24) is 9.97 Å². The van der Waals surface area contributed by atoms with Crippen molar-refractivity contribution in [3.05, 3.63) is 33.3 Å². The van der Waals surface area contributed by atoms with E-state index in [2.05, 4.69) is 48.4 Å². The Labute approximate surface area is 118 Å². The lowest BCUT2D eigenvalue weighted by molar-refractivity contribution is 0.586. The van der Waals surface area contributed by atoms with Crippen LogP contribution in [0, 0.1) is 26.7 Å². The average Bonchev–Trinajstić information content (AvgIpc) is 2.79. The van der Waals surface area contributed by atoms with Crippen LogP contribution in [0.15, 0.2) is 10.8 Å². The van der Waals surface area contributed by atoms with Gasteiger partial charge in [-0.2, -0.15) is 11.3 Å². The molecule has 0 aliphatic heterocycles. The number of nitrogens with zero attached hydrogens (tertiary/aromatic N) is 2. The average molecular weight is 275 g/mol. The molecule has 0 spiro atoms. The molecule has 2 heterocycles. The predicted octanol–water partition coefficient (Wildman–Crippen LogP) is 3.27. The molecule has 19 heavy (non-hydrogen) atoms. The molecule has 0 saturated carbocycles. The van der Waals surface area contributed by atoms with Crippen molar-refractivity contribution in [3.8, 4) is 11.4 Å². The standard InChI is InChI=1S/C15H21N3S/c1-9(6-16)5-13-11(3)17-15(18-12(13)4)14-8-19-7-10(14)2/h7-9H,5-6,16H2,1-4H3. The third kappa shape index (κ3) is 3.01. The van der Waals surface area contributed by atoms with Crippen LogP contribution < -0.4 is 5.73 Å². The van der Waals surface area contributed by atoms with Gasteiger partial charge in [-0.3, -0.25) is 0 Å². The van der Waals surface area contributed by atoms with Crippen LogP contribution >= 0.6 is 11.3 Å². The zero-order valence-electron chi connectivity index (χ0n) is 12.0. The van der Waals surface area contributed by atoms with Gasteiger partial charge in [0.2, 0.25) is 0 Å². The minimum Gasteiger partial charge on any atom is -0.330 e. The molecule has 1 unspecified atom stereocenters. The van der Waals surface area contributed by atoms with Crippen LogP contribution in [0.1, 0.15) is 29.4 Å². The Kier molecular flexibility index (Phi) is 4.32. The summed E-state index contributed by atoms with van der Waals surface area (Å²) < 4.78 is 0. The molecule has 0 radical (unpaired) electrons. The van der Waals surface area contributed by atoms with E-state index in [0.717, 1.165) is 29.2 Å². The Bertz CT molecular complexity index is 552. The summed E-state index contributed by atoms with van der Waals surface area (Å²) >= 11 is 1.69. The minimum absolute atomic E-state index is 0.467. The number of thiophene rings is 1. The van der Waals surface area contributed by atoms with Crippen LogP contribution in [0.25, 0.3) is 11.4 Å². The summed E-state index contributed by atoms with van der Waals surface area (Å²) in [5, 5.41) is 4.25.